The zero-order chi connectivity index (χ0) is 13.8. The van der Waals surface area contributed by atoms with Crippen LogP contribution in [0.25, 0.3) is 0 Å². The van der Waals surface area contributed by atoms with E-state index in [1.54, 1.807) is 17.6 Å². The van der Waals surface area contributed by atoms with Crippen LogP contribution in [0.5, 0.6) is 5.88 Å². The summed E-state index contributed by atoms with van der Waals surface area (Å²) in [6.07, 6.45) is 1.33. The average Bonchev–Trinajstić information content (AvgIpc) is 2.82. The van der Waals surface area contributed by atoms with Gasteiger partial charge < -0.3 is 9.94 Å². The number of aryl methyl sites for hydroxylation is 1. The molecule has 1 aromatic carbocycles. The predicted octanol–water partition coefficient (Wildman–Crippen LogP) is 1.13. The van der Waals surface area contributed by atoms with Crippen LogP contribution in [0, 0.1) is 6.92 Å². The molecule has 0 spiro atoms. The number of hydroxylamine groups is 1. The summed E-state index contributed by atoms with van der Waals surface area (Å²) < 4.78 is 5.38. The van der Waals surface area contributed by atoms with E-state index in [2.05, 4.69) is 5.10 Å². The smallest absolute Gasteiger partial charge is 0.275 e. The molecule has 0 radical (unpaired) electrons. The van der Waals surface area contributed by atoms with Crippen molar-refractivity contribution in [3.63, 3.8) is 0 Å². The van der Waals surface area contributed by atoms with Crippen LogP contribution in [0.4, 0.5) is 0 Å². The van der Waals surface area contributed by atoms with Gasteiger partial charge in [-0.25, -0.2) is 5.48 Å². The van der Waals surface area contributed by atoms with Crippen LogP contribution in [0.15, 0.2) is 30.5 Å². The molecule has 0 aliphatic carbocycles. The third kappa shape index (κ3) is 2.83. The maximum absolute atomic E-state index is 11.5. The van der Waals surface area contributed by atoms with Gasteiger partial charge in [0, 0.05) is 17.2 Å². The Balaban J connectivity index is 2.21. The first-order valence-electron chi connectivity index (χ1n) is 5.52. The molecule has 19 heavy (non-hydrogen) atoms. The number of carbonyl (C=O) groups is 1. The van der Waals surface area contributed by atoms with Gasteiger partial charge in [0.15, 0.2) is 0 Å². The van der Waals surface area contributed by atoms with E-state index in [4.69, 9.17) is 15.2 Å². The van der Waals surface area contributed by atoms with Gasteiger partial charge in [0.05, 0.1) is 6.20 Å². The van der Waals surface area contributed by atoms with E-state index >= 15 is 0 Å². The van der Waals surface area contributed by atoms with Crippen molar-refractivity contribution >= 4 is 5.91 Å². The second-order valence-corrected chi connectivity index (χ2v) is 3.90. The largest absolute Gasteiger partial charge is 0.472 e. The lowest BCUT2D eigenvalue weighted by atomic mass is 10.0. The first-order valence-corrected chi connectivity index (χ1v) is 5.52. The van der Waals surface area contributed by atoms with Gasteiger partial charge in [-0.1, -0.05) is 17.2 Å². The highest BCUT2D eigenvalue weighted by atomic mass is 16.5. The van der Waals surface area contributed by atoms with Crippen LogP contribution in [0.3, 0.4) is 0 Å². The summed E-state index contributed by atoms with van der Waals surface area (Å²) in [7, 11) is 0. The zero-order valence-corrected chi connectivity index (χ0v) is 10.2. The molecule has 3 N–H and O–H groups in total. The fraction of sp³-hybridized carbons (Fsp3) is 0.167. The Morgan fingerprint density at radius 2 is 2.26 bits per heavy atom. The number of hydrogen-bond donors (Lipinski definition) is 3. The van der Waals surface area contributed by atoms with Crippen molar-refractivity contribution in [3.05, 3.63) is 47.2 Å². The molecule has 1 amide bonds. The monoisotopic (exact) mass is 263 g/mol. The lowest BCUT2D eigenvalue weighted by molar-refractivity contribution is 0.0703. The van der Waals surface area contributed by atoms with E-state index in [1.165, 1.54) is 12.3 Å². The number of benzene rings is 1. The second-order valence-electron chi connectivity index (χ2n) is 3.90. The predicted molar refractivity (Wildman–Crippen MR) is 64.2 cm³/mol. The van der Waals surface area contributed by atoms with Crippen LogP contribution >= 0.6 is 0 Å². The molecule has 0 bridgehead atoms. The average molecular weight is 263 g/mol. The Bertz CT molecular complexity index is 594. The molecule has 2 rings (SSSR count). The van der Waals surface area contributed by atoms with Crippen LogP contribution in [-0.2, 0) is 6.61 Å². The van der Waals surface area contributed by atoms with Crippen LogP contribution in [0.1, 0.15) is 21.5 Å². The number of aromatic nitrogens is 2. The topological polar surface area (TPSA) is 96.6 Å². The summed E-state index contributed by atoms with van der Waals surface area (Å²) in [5, 5.41) is 21.4. The minimum atomic E-state index is -0.602. The maximum Gasteiger partial charge on any atom is 0.275 e. The molecule has 0 aliphatic rings. The SMILES string of the molecule is Cc1cccc(C(=O)NO)c1COc1ccn(O)n1. The van der Waals surface area contributed by atoms with Gasteiger partial charge in [-0.2, -0.15) is 0 Å². The minimum Gasteiger partial charge on any atom is -0.472 e. The highest BCUT2D eigenvalue weighted by molar-refractivity contribution is 5.95. The first kappa shape index (κ1) is 12.9. The zero-order valence-electron chi connectivity index (χ0n) is 10.2. The van der Waals surface area contributed by atoms with Crippen molar-refractivity contribution in [2.24, 2.45) is 0 Å². The van der Waals surface area contributed by atoms with E-state index in [9.17, 15) is 4.79 Å². The summed E-state index contributed by atoms with van der Waals surface area (Å²) in [5.41, 5.74) is 3.41. The number of ether oxygens (including phenoxy) is 1. The van der Waals surface area contributed by atoms with Crippen LogP contribution < -0.4 is 10.2 Å². The van der Waals surface area contributed by atoms with Crippen molar-refractivity contribution in [3.8, 4) is 5.88 Å². The number of nitrogens with one attached hydrogen (secondary N) is 1. The minimum absolute atomic E-state index is 0.104. The van der Waals surface area contributed by atoms with Gasteiger partial charge in [0.2, 0.25) is 5.88 Å². The third-order valence-corrected chi connectivity index (χ3v) is 2.67. The van der Waals surface area contributed by atoms with Gasteiger partial charge in [0.25, 0.3) is 5.91 Å². The summed E-state index contributed by atoms with van der Waals surface area (Å²) in [6, 6.07) is 6.62. The van der Waals surface area contributed by atoms with Crippen LogP contribution in [-0.4, -0.2) is 26.3 Å². The molecule has 0 fully saturated rings. The summed E-state index contributed by atoms with van der Waals surface area (Å²) in [5.74, 6) is -0.365. The molecule has 0 unspecified atom stereocenters. The van der Waals surface area contributed by atoms with E-state index in [0.29, 0.717) is 16.0 Å². The number of amides is 1. The van der Waals surface area contributed by atoms with Crippen molar-refractivity contribution in [2.75, 3.05) is 0 Å². The fourth-order valence-electron chi connectivity index (χ4n) is 1.69. The molecule has 0 saturated heterocycles. The summed E-state index contributed by atoms with van der Waals surface area (Å²) in [4.78, 5) is 12.2. The molecule has 0 saturated carbocycles. The Hall–Kier alpha value is -2.54. The Labute approximate surface area is 109 Å². The van der Waals surface area contributed by atoms with Gasteiger partial charge in [-0.3, -0.25) is 10.0 Å². The van der Waals surface area contributed by atoms with E-state index < -0.39 is 5.91 Å². The van der Waals surface area contributed by atoms with Gasteiger partial charge in [0.1, 0.15) is 6.61 Å². The second kappa shape index (κ2) is 5.40. The molecule has 7 heteroatoms. The molecule has 2 aromatic rings. The summed E-state index contributed by atoms with van der Waals surface area (Å²) in [6.45, 7) is 1.93. The fourth-order valence-corrected chi connectivity index (χ4v) is 1.69. The van der Waals surface area contributed by atoms with Crippen molar-refractivity contribution < 1.29 is 19.9 Å². The number of rotatable bonds is 4. The molecule has 1 heterocycles. The van der Waals surface area contributed by atoms with Crippen LogP contribution in [0.2, 0.25) is 0 Å². The maximum atomic E-state index is 11.5. The number of hydrogen-bond acceptors (Lipinski definition) is 5. The van der Waals surface area contributed by atoms with E-state index in [1.807, 2.05) is 13.0 Å². The van der Waals surface area contributed by atoms with Crippen molar-refractivity contribution in [2.45, 2.75) is 13.5 Å². The summed E-state index contributed by atoms with van der Waals surface area (Å²) >= 11 is 0. The Morgan fingerprint density at radius 3 is 2.89 bits per heavy atom. The molecule has 1 aromatic heterocycles. The third-order valence-electron chi connectivity index (χ3n) is 2.67. The van der Waals surface area contributed by atoms with Crippen molar-refractivity contribution in [1.82, 2.24) is 15.4 Å². The molecular weight excluding hydrogens is 250 g/mol. The van der Waals surface area contributed by atoms with E-state index in [-0.39, 0.29) is 12.5 Å². The lowest BCUT2D eigenvalue weighted by Crippen LogP contribution is -2.21. The van der Waals surface area contributed by atoms with Gasteiger partial charge in [-0.05, 0) is 18.6 Å². The Morgan fingerprint density at radius 1 is 1.47 bits per heavy atom. The number of carbonyl (C=O) groups excluding carboxylic acids is 1. The lowest BCUT2D eigenvalue weighted by Gasteiger charge is -2.11. The highest BCUT2D eigenvalue weighted by Crippen LogP contribution is 2.17. The molecule has 7 nitrogen and oxygen atoms in total. The highest BCUT2D eigenvalue weighted by Gasteiger charge is 2.13. The number of nitrogens with zero attached hydrogens (tertiary/aromatic N) is 2. The molecular formula is C12H13N3O4. The quantitative estimate of drug-likeness (QED) is 0.436. The van der Waals surface area contributed by atoms with Gasteiger partial charge >= 0.3 is 0 Å². The molecule has 0 aliphatic heterocycles. The van der Waals surface area contributed by atoms with Gasteiger partial charge in [-0.15, -0.1) is 4.85 Å². The molecule has 100 valence electrons. The standard InChI is InChI=1S/C12H13N3O4/c1-8-3-2-4-9(12(16)14-17)10(8)7-19-11-5-6-15(18)13-11/h2-6,17-18H,7H2,1H3,(H,14,16). The molecule has 0 atom stereocenters. The Kier molecular flexibility index (Phi) is 3.67. The first-order chi connectivity index (χ1) is 9.11. The van der Waals surface area contributed by atoms with Crippen molar-refractivity contribution in [1.29, 1.82) is 0 Å². The van der Waals surface area contributed by atoms with E-state index in [0.717, 1.165) is 5.56 Å². The normalized spacial score (nSPS) is 10.2.